The first-order valence-electron chi connectivity index (χ1n) is 7.14. The molecule has 6 nitrogen and oxygen atoms in total. The molecule has 0 saturated carbocycles. The second-order valence-electron chi connectivity index (χ2n) is 5.01. The normalized spacial score (nSPS) is 10.7. The number of amides is 1. The quantitative estimate of drug-likeness (QED) is 0.754. The van der Waals surface area contributed by atoms with Gasteiger partial charge in [-0.25, -0.2) is 0 Å². The molecule has 0 aromatic carbocycles. The van der Waals surface area contributed by atoms with Gasteiger partial charge in [0.25, 0.3) is 5.91 Å². The summed E-state index contributed by atoms with van der Waals surface area (Å²) >= 11 is 1.70. The van der Waals surface area contributed by atoms with Gasteiger partial charge in [0.05, 0.1) is 19.6 Å². The van der Waals surface area contributed by atoms with Crippen LogP contribution in [0.3, 0.4) is 0 Å². The monoisotopic (exact) mass is 331 g/mol. The molecule has 3 heterocycles. The summed E-state index contributed by atoms with van der Waals surface area (Å²) in [6.07, 6.45) is 5.81. The van der Waals surface area contributed by atoms with Crippen LogP contribution in [-0.2, 0) is 13.5 Å². The molecule has 0 radical (unpaired) electrons. The Hall–Kier alpha value is -2.54. The van der Waals surface area contributed by atoms with Gasteiger partial charge in [-0.15, -0.1) is 16.4 Å². The van der Waals surface area contributed by atoms with Crippen LogP contribution in [0.5, 0.6) is 5.88 Å². The van der Waals surface area contributed by atoms with Crippen LogP contribution in [-0.4, -0.2) is 29.3 Å². The minimum atomic E-state index is -0.179. The van der Waals surface area contributed by atoms with Crippen LogP contribution in [0.4, 0.5) is 0 Å². The first-order chi connectivity index (χ1) is 11.2. The van der Waals surface area contributed by atoms with E-state index in [0.717, 1.165) is 16.9 Å². The number of aromatic nitrogens is 2. The highest BCUT2D eigenvalue weighted by Gasteiger charge is 2.15. The first-order valence-corrected chi connectivity index (χ1v) is 7.96. The fourth-order valence-electron chi connectivity index (χ4n) is 2.24. The number of nitrogens with zero attached hydrogens (tertiary/aromatic N) is 2. The zero-order valence-electron chi connectivity index (χ0n) is 12.9. The van der Waals surface area contributed by atoms with Crippen LogP contribution in [0.15, 0.2) is 41.3 Å². The maximum Gasteiger partial charge on any atom is 0.258 e. The SMILES string of the molecule is COc1nn(C)cc1C(=O)NCCc1ccc(-c2ccoc2)s1. The molecule has 1 N–H and O–H groups in total. The van der Waals surface area contributed by atoms with Gasteiger partial charge >= 0.3 is 0 Å². The van der Waals surface area contributed by atoms with E-state index in [1.807, 2.05) is 6.07 Å². The van der Waals surface area contributed by atoms with E-state index in [1.165, 1.54) is 12.0 Å². The van der Waals surface area contributed by atoms with Crippen molar-refractivity contribution in [3.63, 3.8) is 0 Å². The molecule has 0 aliphatic heterocycles. The molecule has 7 heteroatoms. The van der Waals surface area contributed by atoms with Crippen molar-refractivity contribution >= 4 is 17.2 Å². The molecule has 23 heavy (non-hydrogen) atoms. The van der Waals surface area contributed by atoms with Gasteiger partial charge in [-0.2, -0.15) is 0 Å². The molecule has 0 bridgehead atoms. The highest BCUT2D eigenvalue weighted by atomic mass is 32.1. The Morgan fingerprint density at radius 3 is 3.04 bits per heavy atom. The maximum absolute atomic E-state index is 12.2. The second kappa shape index (κ2) is 6.70. The van der Waals surface area contributed by atoms with E-state index in [0.29, 0.717) is 18.0 Å². The maximum atomic E-state index is 12.2. The molecule has 0 atom stereocenters. The summed E-state index contributed by atoms with van der Waals surface area (Å²) in [5, 5.41) is 6.97. The molecule has 1 amide bonds. The lowest BCUT2D eigenvalue weighted by atomic mass is 10.2. The number of ether oxygens (including phenoxy) is 1. The Kier molecular flexibility index (Phi) is 4.47. The summed E-state index contributed by atoms with van der Waals surface area (Å²) in [6, 6.07) is 6.08. The molecule has 120 valence electrons. The van der Waals surface area contributed by atoms with Crippen molar-refractivity contribution in [3.05, 3.63) is 47.4 Å². The fourth-order valence-corrected chi connectivity index (χ4v) is 3.23. The third-order valence-electron chi connectivity index (χ3n) is 3.36. The van der Waals surface area contributed by atoms with E-state index in [-0.39, 0.29) is 5.91 Å². The van der Waals surface area contributed by atoms with Gasteiger partial charge in [-0.05, 0) is 24.6 Å². The van der Waals surface area contributed by atoms with Crippen LogP contribution in [0, 0.1) is 0 Å². The van der Waals surface area contributed by atoms with Crippen molar-refractivity contribution < 1.29 is 13.9 Å². The lowest BCUT2D eigenvalue weighted by molar-refractivity contribution is 0.0951. The molecular weight excluding hydrogens is 314 g/mol. The largest absolute Gasteiger partial charge is 0.479 e. The van der Waals surface area contributed by atoms with Crippen LogP contribution in [0.2, 0.25) is 0 Å². The minimum absolute atomic E-state index is 0.179. The van der Waals surface area contributed by atoms with Crippen LogP contribution < -0.4 is 10.1 Å². The van der Waals surface area contributed by atoms with Gasteiger partial charge in [0.2, 0.25) is 5.88 Å². The zero-order chi connectivity index (χ0) is 16.2. The van der Waals surface area contributed by atoms with Crippen LogP contribution >= 0.6 is 11.3 Å². The lowest BCUT2D eigenvalue weighted by Crippen LogP contribution is -2.25. The number of hydrogen-bond acceptors (Lipinski definition) is 5. The number of thiophene rings is 1. The summed E-state index contributed by atoms with van der Waals surface area (Å²) < 4.78 is 11.8. The predicted octanol–water partition coefficient (Wildman–Crippen LogP) is 2.72. The van der Waals surface area contributed by atoms with Gasteiger partial charge < -0.3 is 14.5 Å². The minimum Gasteiger partial charge on any atom is -0.479 e. The van der Waals surface area contributed by atoms with E-state index in [1.54, 1.807) is 41.8 Å². The summed E-state index contributed by atoms with van der Waals surface area (Å²) in [7, 11) is 3.25. The van der Waals surface area contributed by atoms with E-state index in [2.05, 4.69) is 22.5 Å². The Morgan fingerprint density at radius 1 is 1.43 bits per heavy atom. The number of methoxy groups -OCH3 is 1. The molecule has 0 aliphatic rings. The van der Waals surface area contributed by atoms with E-state index < -0.39 is 0 Å². The van der Waals surface area contributed by atoms with Crippen molar-refractivity contribution in [2.24, 2.45) is 7.05 Å². The van der Waals surface area contributed by atoms with Crippen molar-refractivity contribution in [2.75, 3.05) is 13.7 Å². The van der Waals surface area contributed by atoms with E-state index in [4.69, 9.17) is 9.15 Å². The van der Waals surface area contributed by atoms with Gasteiger partial charge in [-0.1, -0.05) is 0 Å². The Bertz CT molecular complexity index is 789. The summed E-state index contributed by atoms with van der Waals surface area (Å²) in [6.45, 7) is 0.558. The lowest BCUT2D eigenvalue weighted by Gasteiger charge is -2.03. The molecule has 3 rings (SSSR count). The molecule has 0 fully saturated rings. The molecular formula is C16H17N3O3S. The molecule has 0 spiro atoms. The molecule has 3 aromatic rings. The second-order valence-corrected chi connectivity index (χ2v) is 6.18. The molecule has 0 unspecified atom stereocenters. The number of hydrogen-bond donors (Lipinski definition) is 1. The first kappa shape index (κ1) is 15.4. The van der Waals surface area contributed by atoms with Gasteiger partial charge in [0.15, 0.2) is 0 Å². The predicted molar refractivity (Wildman–Crippen MR) is 87.8 cm³/mol. The zero-order valence-corrected chi connectivity index (χ0v) is 13.7. The summed E-state index contributed by atoms with van der Waals surface area (Å²) in [5.74, 6) is 0.157. The molecule has 0 saturated heterocycles. The van der Waals surface area contributed by atoms with Gasteiger partial charge in [0.1, 0.15) is 5.56 Å². The van der Waals surface area contributed by atoms with Gasteiger partial charge in [-0.3, -0.25) is 9.48 Å². The number of furan rings is 1. The topological polar surface area (TPSA) is 69.3 Å². The average molecular weight is 331 g/mol. The van der Waals surface area contributed by atoms with Crippen molar-refractivity contribution in [1.29, 1.82) is 0 Å². The Balaban J connectivity index is 1.56. The van der Waals surface area contributed by atoms with Crippen molar-refractivity contribution in [1.82, 2.24) is 15.1 Å². The highest BCUT2D eigenvalue weighted by Crippen LogP contribution is 2.28. The van der Waals surface area contributed by atoms with Crippen LogP contribution in [0.1, 0.15) is 15.2 Å². The van der Waals surface area contributed by atoms with Crippen molar-refractivity contribution in [3.8, 4) is 16.3 Å². The van der Waals surface area contributed by atoms with E-state index >= 15 is 0 Å². The fraction of sp³-hybridized carbons (Fsp3) is 0.250. The third kappa shape index (κ3) is 3.45. The number of rotatable bonds is 6. The van der Waals surface area contributed by atoms with Gasteiger partial charge in [0, 0.05) is 35.1 Å². The van der Waals surface area contributed by atoms with Crippen LogP contribution in [0.25, 0.3) is 10.4 Å². The number of nitrogens with one attached hydrogen (secondary N) is 1. The number of aryl methyl sites for hydroxylation is 1. The third-order valence-corrected chi connectivity index (χ3v) is 4.55. The average Bonchev–Trinajstić information content (AvgIpc) is 3.26. The van der Waals surface area contributed by atoms with E-state index in [9.17, 15) is 4.79 Å². The Morgan fingerprint density at radius 2 is 2.30 bits per heavy atom. The highest BCUT2D eigenvalue weighted by molar-refractivity contribution is 7.15. The molecule has 3 aromatic heterocycles. The smallest absolute Gasteiger partial charge is 0.258 e. The summed E-state index contributed by atoms with van der Waals surface area (Å²) in [4.78, 5) is 14.5. The standard InChI is InChI=1S/C16H17N3O3S/c1-19-9-13(16(18-19)21-2)15(20)17-7-5-12-3-4-14(23-12)11-6-8-22-10-11/h3-4,6,8-10H,5,7H2,1-2H3,(H,17,20). The summed E-state index contributed by atoms with van der Waals surface area (Å²) in [5.41, 5.74) is 1.52. The Labute approximate surface area is 137 Å². The number of carbonyl (C=O) groups excluding carboxylic acids is 1. The molecule has 0 aliphatic carbocycles. The number of carbonyl (C=O) groups is 1. The van der Waals surface area contributed by atoms with Crippen molar-refractivity contribution in [2.45, 2.75) is 6.42 Å².